The van der Waals surface area contributed by atoms with Crippen molar-refractivity contribution in [2.45, 2.75) is 0 Å². The van der Waals surface area contributed by atoms with E-state index in [-0.39, 0.29) is 0 Å². The Kier molecular flexibility index (Phi) is 3.24. The highest BCUT2D eigenvalue weighted by molar-refractivity contribution is 5.84. The Morgan fingerprint density at radius 2 is 2.36 bits per heavy atom. The molecule has 72 valence electrons. The third-order valence-corrected chi connectivity index (χ3v) is 1.86. The Morgan fingerprint density at radius 1 is 1.64 bits per heavy atom. The van der Waals surface area contributed by atoms with Crippen LogP contribution in [-0.4, -0.2) is 19.9 Å². The van der Waals surface area contributed by atoms with Gasteiger partial charge in [0.25, 0.3) is 0 Å². The first-order valence-electron chi connectivity index (χ1n) is 4.08. The van der Waals surface area contributed by atoms with Crippen molar-refractivity contribution in [3.63, 3.8) is 0 Å². The Morgan fingerprint density at radius 3 is 2.93 bits per heavy atom. The van der Waals surface area contributed by atoms with Crippen LogP contribution in [0.3, 0.4) is 0 Å². The van der Waals surface area contributed by atoms with Crippen LogP contribution in [0.2, 0.25) is 0 Å². The molecule has 0 aliphatic carbocycles. The van der Waals surface area contributed by atoms with Gasteiger partial charge in [0.15, 0.2) is 6.29 Å². The van der Waals surface area contributed by atoms with Gasteiger partial charge >= 0.3 is 0 Å². The molecule has 0 aliphatic rings. The molecule has 0 fully saturated rings. The molecule has 0 bridgehead atoms. The molecule has 2 nitrogen and oxygen atoms in total. The van der Waals surface area contributed by atoms with Crippen LogP contribution in [0.25, 0.3) is 0 Å². The monoisotopic (exact) mass is 191 g/mol. The van der Waals surface area contributed by atoms with Crippen molar-refractivity contribution in [3.8, 4) is 12.3 Å². The number of carbonyl (C=O) groups excluding carboxylic acids is 1. The summed E-state index contributed by atoms with van der Waals surface area (Å²) in [5.41, 5.74) is 0.946. The van der Waals surface area contributed by atoms with E-state index in [1.807, 2.05) is 0 Å². The number of terminal acetylenes is 1. The van der Waals surface area contributed by atoms with Gasteiger partial charge in [0.05, 0.1) is 6.54 Å². The van der Waals surface area contributed by atoms with Crippen molar-refractivity contribution in [1.82, 2.24) is 0 Å². The predicted molar refractivity (Wildman–Crippen MR) is 53.9 cm³/mol. The summed E-state index contributed by atoms with van der Waals surface area (Å²) in [4.78, 5) is 12.4. The fraction of sp³-hybridized carbons (Fsp3) is 0.182. The third kappa shape index (κ3) is 2.11. The van der Waals surface area contributed by atoms with Crippen LogP contribution in [0.1, 0.15) is 10.4 Å². The summed E-state index contributed by atoms with van der Waals surface area (Å²) in [7, 11) is 1.75. The molecule has 1 aromatic carbocycles. The van der Waals surface area contributed by atoms with Crippen molar-refractivity contribution >= 4 is 12.0 Å². The Bertz CT molecular complexity index is 381. The van der Waals surface area contributed by atoms with Crippen LogP contribution in [0.5, 0.6) is 0 Å². The average molecular weight is 191 g/mol. The minimum absolute atomic E-state index is 0.308. The maximum Gasteiger partial charge on any atom is 0.152 e. The second kappa shape index (κ2) is 4.43. The van der Waals surface area contributed by atoms with Crippen LogP contribution in [0.15, 0.2) is 18.2 Å². The number of aldehydes is 1. The normalized spacial score (nSPS) is 9.21. The molecule has 1 rings (SSSR count). The number of halogens is 1. The highest BCUT2D eigenvalue weighted by Crippen LogP contribution is 2.18. The highest BCUT2D eigenvalue weighted by atomic mass is 19.1. The van der Waals surface area contributed by atoms with E-state index in [0.29, 0.717) is 24.1 Å². The zero-order chi connectivity index (χ0) is 10.6. The molecule has 0 heterocycles. The Labute approximate surface area is 82.3 Å². The van der Waals surface area contributed by atoms with E-state index in [2.05, 4.69) is 5.92 Å². The lowest BCUT2D eigenvalue weighted by Gasteiger charge is -2.17. The number of hydrogen-bond donors (Lipinski definition) is 0. The number of rotatable bonds is 3. The lowest BCUT2D eigenvalue weighted by molar-refractivity contribution is 0.112. The molecule has 3 heteroatoms. The summed E-state index contributed by atoms with van der Waals surface area (Å²) in [6.07, 6.45) is 5.75. The lowest BCUT2D eigenvalue weighted by atomic mass is 10.2. The van der Waals surface area contributed by atoms with Crippen molar-refractivity contribution in [3.05, 3.63) is 29.6 Å². The summed E-state index contributed by atoms with van der Waals surface area (Å²) in [6, 6.07) is 4.03. The molecule has 1 aromatic rings. The number of carbonyl (C=O) groups is 1. The number of hydrogen-bond acceptors (Lipinski definition) is 2. The van der Waals surface area contributed by atoms with E-state index < -0.39 is 5.82 Å². The molecular weight excluding hydrogens is 181 g/mol. The summed E-state index contributed by atoms with van der Waals surface area (Å²) in [5.74, 6) is 2.02. The van der Waals surface area contributed by atoms with E-state index >= 15 is 0 Å². The van der Waals surface area contributed by atoms with Crippen molar-refractivity contribution < 1.29 is 9.18 Å². The zero-order valence-corrected chi connectivity index (χ0v) is 7.83. The summed E-state index contributed by atoms with van der Waals surface area (Å²) in [6.45, 7) is 0.381. The number of nitrogens with zero attached hydrogens (tertiary/aromatic N) is 1. The number of anilines is 1. The van der Waals surface area contributed by atoms with Crippen molar-refractivity contribution in [2.24, 2.45) is 0 Å². The molecule has 0 aromatic heterocycles. The van der Waals surface area contributed by atoms with E-state index in [1.54, 1.807) is 11.9 Å². The fourth-order valence-corrected chi connectivity index (χ4v) is 1.19. The van der Waals surface area contributed by atoms with Gasteiger partial charge in [-0.15, -0.1) is 6.42 Å². The maximum atomic E-state index is 12.8. The predicted octanol–water partition coefficient (Wildman–Crippen LogP) is 1.71. The van der Waals surface area contributed by atoms with E-state index in [4.69, 9.17) is 6.42 Å². The lowest BCUT2D eigenvalue weighted by Crippen LogP contribution is -2.18. The molecule has 0 unspecified atom stereocenters. The second-order valence-electron chi connectivity index (χ2n) is 2.88. The molecule has 0 N–H and O–H groups in total. The van der Waals surface area contributed by atoms with Crippen molar-refractivity contribution in [2.75, 3.05) is 18.5 Å². The van der Waals surface area contributed by atoms with Crippen LogP contribution in [-0.2, 0) is 0 Å². The molecule has 0 amide bonds. The SMILES string of the molecule is C#CCN(C)c1ccc(F)cc1C=O. The van der Waals surface area contributed by atoms with Crippen LogP contribution in [0.4, 0.5) is 10.1 Å². The van der Waals surface area contributed by atoms with E-state index in [1.165, 1.54) is 18.2 Å². The standard InChI is InChI=1S/C11H10FNO/c1-3-6-13(2)11-5-4-10(12)7-9(11)8-14/h1,4-5,7-8H,6H2,2H3. The summed E-state index contributed by atoms with van der Waals surface area (Å²) in [5, 5.41) is 0. The van der Waals surface area contributed by atoms with Gasteiger partial charge in [-0.25, -0.2) is 4.39 Å². The van der Waals surface area contributed by atoms with Gasteiger partial charge in [-0.05, 0) is 18.2 Å². The van der Waals surface area contributed by atoms with Gasteiger partial charge in [0.1, 0.15) is 5.82 Å². The zero-order valence-electron chi connectivity index (χ0n) is 7.83. The quantitative estimate of drug-likeness (QED) is 0.535. The topological polar surface area (TPSA) is 20.3 Å². The highest BCUT2D eigenvalue weighted by Gasteiger charge is 2.06. The first-order valence-corrected chi connectivity index (χ1v) is 4.08. The molecule has 0 spiro atoms. The van der Waals surface area contributed by atoms with Gasteiger partial charge in [0, 0.05) is 18.3 Å². The molecule has 0 saturated carbocycles. The van der Waals surface area contributed by atoms with Crippen molar-refractivity contribution in [1.29, 1.82) is 0 Å². The average Bonchev–Trinajstić information content (AvgIpc) is 2.17. The third-order valence-electron chi connectivity index (χ3n) is 1.86. The minimum atomic E-state index is -0.426. The van der Waals surface area contributed by atoms with Gasteiger partial charge in [0.2, 0.25) is 0 Å². The first-order chi connectivity index (χ1) is 6.69. The van der Waals surface area contributed by atoms with Crippen LogP contribution >= 0.6 is 0 Å². The molecule has 0 radical (unpaired) electrons. The second-order valence-corrected chi connectivity index (χ2v) is 2.88. The van der Waals surface area contributed by atoms with Gasteiger partial charge in [-0.1, -0.05) is 5.92 Å². The number of benzene rings is 1. The molecule has 0 aliphatic heterocycles. The summed E-state index contributed by atoms with van der Waals surface area (Å²) < 4.78 is 12.8. The van der Waals surface area contributed by atoms with Crippen LogP contribution in [0, 0.1) is 18.2 Å². The van der Waals surface area contributed by atoms with Crippen LogP contribution < -0.4 is 4.90 Å². The van der Waals surface area contributed by atoms with Gasteiger partial charge in [-0.3, -0.25) is 4.79 Å². The molecular formula is C11H10FNO. The Hall–Kier alpha value is -1.82. The smallest absolute Gasteiger partial charge is 0.152 e. The van der Waals surface area contributed by atoms with Gasteiger partial charge < -0.3 is 4.90 Å². The molecule has 0 atom stereocenters. The fourth-order valence-electron chi connectivity index (χ4n) is 1.19. The Balaban J connectivity index is 3.08. The minimum Gasteiger partial charge on any atom is -0.363 e. The molecule has 0 saturated heterocycles. The van der Waals surface area contributed by atoms with Gasteiger partial charge in [-0.2, -0.15) is 0 Å². The maximum absolute atomic E-state index is 12.8. The van der Waals surface area contributed by atoms with E-state index in [0.717, 1.165) is 0 Å². The largest absolute Gasteiger partial charge is 0.363 e. The first kappa shape index (κ1) is 10.3. The van der Waals surface area contributed by atoms with E-state index in [9.17, 15) is 9.18 Å². The molecule has 14 heavy (non-hydrogen) atoms. The summed E-state index contributed by atoms with van der Waals surface area (Å²) >= 11 is 0.